The van der Waals surface area contributed by atoms with Crippen molar-refractivity contribution in [1.82, 2.24) is 0 Å². The van der Waals surface area contributed by atoms with Crippen LogP contribution in [0.4, 0.5) is 0 Å². The summed E-state index contributed by atoms with van der Waals surface area (Å²) in [5.41, 5.74) is 1.70. The third-order valence-corrected chi connectivity index (χ3v) is 2.31. The lowest BCUT2D eigenvalue weighted by molar-refractivity contribution is -0.138. The summed E-state index contributed by atoms with van der Waals surface area (Å²) in [6, 6.07) is 5.52. The number of aliphatic carboxylic acids is 1. The molecule has 0 fully saturated rings. The van der Waals surface area contributed by atoms with Gasteiger partial charge in [-0.1, -0.05) is 12.1 Å². The Bertz CT molecular complexity index is 344. The molecule has 0 spiro atoms. The van der Waals surface area contributed by atoms with Crippen LogP contribution in [0.15, 0.2) is 18.2 Å². The normalized spacial score (nSPS) is 12.2. The molecule has 3 heteroatoms. The van der Waals surface area contributed by atoms with Crippen LogP contribution in [0.25, 0.3) is 0 Å². The van der Waals surface area contributed by atoms with Crippen LogP contribution in [0.1, 0.15) is 24.0 Å². The number of carbonyl (C=O) groups is 1. The molecule has 0 radical (unpaired) electrons. The van der Waals surface area contributed by atoms with Crippen molar-refractivity contribution in [1.29, 1.82) is 0 Å². The lowest BCUT2D eigenvalue weighted by atomic mass is 9.95. The van der Waals surface area contributed by atoms with E-state index in [0.29, 0.717) is 5.75 Å². The maximum Gasteiger partial charge on any atom is 0.310 e. The van der Waals surface area contributed by atoms with Crippen LogP contribution >= 0.6 is 0 Å². The van der Waals surface area contributed by atoms with Gasteiger partial charge in [0.05, 0.1) is 13.0 Å². The summed E-state index contributed by atoms with van der Waals surface area (Å²) >= 11 is 0. The molecule has 1 atom stereocenters. The van der Waals surface area contributed by atoms with E-state index in [2.05, 4.69) is 0 Å². The fourth-order valence-corrected chi connectivity index (χ4v) is 1.51. The lowest BCUT2D eigenvalue weighted by Gasteiger charge is -2.14. The molecule has 0 unspecified atom stereocenters. The zero-order valence-corrected chi connectivity index (χ0v) is 8.57. The molecule has 1 aromatic rings. The fraction of sp³-hybridized carbons (Fsp3) is 0.364. The highest BCUT2D eigenvalue weighted by molar-refractivity contribution is 5.77. The molecule has 0 aliphatic rings. The first-order valence-electron chi connectivity index (χ1n) is 4.44. The number of hydrogen-bond donors (Lipinski definition) is 1. The Labute approximate surface area is 83.3 Å². The van der Waals surface area contributed by atoms with Crippen LogP contribution in [0.3, 0.4) is 0 Å². The first-order chi connectivity index (χ1) is 6.57. The van der Waals surface area contributed by atoms with Gasteiger partial charge in [-0.15, -0.1) is 0 Å². The van der Waals surface area contributed by atoms with Gasteiger partial charge in [-0.25, -0.2) is 0 Å². The van der Waals surface area contributed by atoms with Crippen LogP contribution in [0.5, 0.6) is 5.75 Å². The van der Waals surface area contributed by atoms with Crippen molar-refractivity contribution >= 4 is 5.97 Å². The first kappa shape index (κ1) is 10.6. The number of aryl methyl sites for hydroxylation is 1. The van der Waals surface area contributed by atoms with Crippen molar-refractivity contribution in [2.45, 2.75) is 19.8 Å². The fourth-order valence-electron chi connectivity index (χ4n) is 1.51. The van der Waals surface area contributed by atoms with Gasteiger partial charge in [-0.2, -0.15) is 0 Å². The standard InChI is InChI=1S/C11H14O3/c1-7-5-4-6-9(14-3)10(7)8(2)11(12)13/h4-6,8H,1-3H3,(H,12,13)/t8-/m1/s1. The molecular weight excluding hydrogens is 180 g/mol. The predicted molar refractivity (Wildman–Crippen MR) is 53.8 cm³/mol. The SMILES string of the molecule is COc1cccc(C)c1[C@@H](C)C(=O)O. The molecule has 1 N–H and O–H groups in total. The van der Waals surface area contributed by atoms with E-state index in [0.717, 1.165) is 11.1 Å². The molecule has 1 aromatic carbocycles. The van der Waals surface area contributed by atoms with Crippen LogP contribution in [0.2, 0.25) is 0 Å². The second kappa shape index (κ2) is 4.13. The van der Waals surface area contributed by atoms with Gasteiger partial charge in [-0.05, 0) is 25.5 Å². The monoisotopic (exact) mass is 194 g/mol. The Hall–Kier alpha value is -1.51. The van der Waals surface area contributed by atoms with Crippen molar-refractivity contribution in [3.05, 3.63) is 29.3 Å². The zero-order valence-electron chi connectivity index (χ0n) is 8.57. The second-order valence-electron chi connectivity index (χ2n) is 3.25. The molecular formula is C11H14O3. The minimum Gasteiger partial charge on any atom is -0.496 e. The Kier molecular flexibility index (Phi) is 3.12. The number of hydrogen-bond acceptors (Lipinski definition) is 2. The Morgan fingerprint density at radius 1 is 1.50 bits per heavy atom. The van der Waals surface area contributed by atoms with Gasteiger partial charge in [-0.3, -0.25) is 4.79 Å². The molecule has 0 bridgehead atoms. The molecule has 0 aliphatic heterocycles. The number of carboxylic acids is 1. The summed E-state index contributed by atoms with van der Waals surface area (Å²) in [6.45, 7) is 3.55. The molecule has 14 heavy (non-hydrogen) atoms. The largest absolute Gasteiger partial charge is 0.496 e. The maximum absolute atomic E-state index is 10.9. The summed E-state index contributed by atoms with van der Waals surface area (Å²) in [4.78, 5) is 10.9. The Balaban J connectivity index is 3.23. The third kappa shape index (κ3) is 1.87. The predicted octanol–water partition coefficient (Wildman–Crippen LogP) is 2.19. The quantitative estimate of drug-likeness (QED) is 0.802. The summed E-state index contributed by atoms with van der Waals surface area (Å²) in [5.74, 6) is -0.733. The van der Waals surface area contributed by atoms with E-state index in [1.807, 2.05) is 19.1 Å². The van der Waals surface area contributed by atoms with Gasteiger partial charge < -0.3 is 9.84 Å². The Morgan fingerprint density at radius 3 is 2.64 bits per heavy atom. The minimum absolute atomic E-state index is 0.536. The van der Waals surface area contributed by atoms with Crippen LogP contribution in [-0.2, 0) is 4.79 Å². The molecule has 76 valence electrons. The lowest BCUT2D eigenvalue weighted by Crippen LogP contribution is -2.10. The highest BCUT2D eigenvalue weighted by atomic mass is 16.5. The topological polar surface area (TPSA) is 46.5 Å². The number of carboxylic acid groups (broad SMARTS) is 1. The van der Waals surface area contributed by atoms with E-state index < -0.39 is 11.9 Å². The highest BCUT2D eigenvalue weighted by Gasteiger charge is 2.19. The van der Waals surface area contributed by atoms with E-state index in [1.54, 1.807) is 20.1 Å². The van der Waals surface area contributed by atoms with Gasteiger partial charge in [0, 0.05) is 5.56 Å². The van der Waals surface area contributed by atoms with Gasteiger partial charge in [0.25, 0.3) is 0 Å². The first-order valence-corrected chi connectivity index (χ1v) is 4.44. The van der Waals surface area contributed by atoms with E-state index in [9.17, 15) is 4.79 Å². The smallest absolute Gasteiger partial charge is 0.310 e. The molecule has 0 heterocycles. The average molecular weight is 194 g/mol. The van der Waals surface area contributed by atoms with E-state index in [4.69, 9.17) is 9.84 Å². The molecule has 0 aromatic heterocycles. The molecule has 0 saturated carbocycles. The number of benzene rings is 1. The van der Waals surface area contributed by atoms with Gasteiger partial charge in [0.2, 0.25) is 0 Å². The molecule has 0 amide bonds. The van der Waals surface area contributed by atoms with Crippen molar-refractivity contribution in [3.63, 3.8) is 0 Å². The molecule has 1 rings (SSSR count). The van der Waals surface area contributed by atoms with E-state index in [1.165, 1.54) is 0 Å². The summed E-state index contributed by atoms with van der Waals surface area (Å²) in [5, 5.41) is 8.92. The molecule has 3 nitrogen and oxygen atoms in total. The third-order valence-electron chi connectivity index (χ3n) is 2.31. The summed E-state index contributed by atoms with van der Waals surface area (Å²) in [7, 11) is 1.55. The average Bonchev–Trinajstić information content (AvgIpc) is 2.16. The second-order valence-corrected chi connectivity index (χ2v) is 3.25. The van der Waals surface area contributed by atoms with Gasteiger partial charge in [0.15, 0.2) is 0 Å². The summed E-state index contributed by atoms with van der Waals surface area (Å²) in [6.07, 6.45) is 0. The number of methoxy groups -OCH3 is 1. The zero-order chi connectivity index (χ0) is 10.7. The van der Waals surface area contributed by atoms with E-state index >= 15 is 0 Å². The van der Waals surface area contributed by atoms with Crippen molar-refractivity contribution < 1.29 is 14.6 Å². The number of ether oxygens (including phenoxy) is 1. The summed E-state index contributed by atoms with van der Waals surface area (Å²) < 4.78 is 5.13. The van der Waals surface area contributed by atoms with Crippen LogP contribution < -0.4 is 4.74 Å². The highest BCUT2D eigenvalue weighted by Crippen LogP contribution is 2.29. The van der Waals surface area contributed by atoms with Gasteiger partial charge in [0.1, 0.15) is 5.75 Å². The maximum atomic E-state index is 10.9. The minimum atomic E-state index is -0.836. The van der Waals surface area contributed by atoms with Crippen LogP contribution in [0, 0.1) is 6.92 Å². The molecule has 0 saturated heterocycles. The van der Waals surface area contributed by atoms with Gasteiger partial charge >= 0.3 is 5.97 Å². The molecule has 0 aliphatic carbocycles. The van der Waals surface area contributed by atoms with Crippen molar-refractivity contribution in [2.24, 2.45) is 0 Å². The van der Waals surface area contributed by atoms with E-state index in [-0.39, 0.29) is 0 Å². The van der Waals surface area contributed by atoms with Crippen molar-refractivity contribution in [2.75, 3.05) is 7.11 Å². The van der Waals surface area contributed by atoms with Crippen LogP contribution in [-0.4, -0.2) is 18.2 Å². The number of rotatable bonds is 3. The Morgan fingerprint density at radius 2 is 2.14 bits per heavy atom. The van der Waals surface area contributed by atoms with Crippen molar-refractivity contribution in [3.8, 4) is 5.75 Å².